The van der Waals surface area contributed by atoms with Gasteiger partial charge in [-0.05, 0) is 19.3 Å². The van der Waals surface area contributed by atoms with Crippen LogP contribution in [0, 0.1) is 11.8 Å². The number of carbonyl (C=O) groups excluding carboxylic acids is 2. The highest BCUT2D eigenvalue weighted by Gasteiger charge is 2.20. The van der Waals surface area contributed by atoms with Crippen LogP contribution < -0.4 is 5.73 Å². The number of hydrogen-bond donors (Lipinski definition) is 1. The van der Waals surface area contributed by atoms with E-state index < -0.39 is 0 Å². The molecule has 0 saturated heterocycles. The number of rotatable bonds is 7. The van der Waals surface area contributed by atoms with Crippen LogP contribution in [0.4, 0.5) is 0 Å². The third-order valence-electron chi connectivity index (χ3n) is 4.12. The molecule has 1 unspecified atom stereocenters. The first-order valence-corrected chi connectivity index (χ1v) is 8.40. The maximum atomic E-state index is 10.9. The average molecular weight is 299 g/mol. The lowest BCUT2D eigenvalue weighted by atomic mass is 9.89. The van der Waals surface area contributed by atoms with Gasteiger partial charge < -0.3 is 10.5 Å². The van der Waals surface area contributed by atoms with E-state index in [1.54, 1.807) is 0 Å². The van der Waals surface area contributed by atoms with Crippen LogP contribution in [0.15, 0.2) is 0 Å². The van der Waals surface area contributed by atoms with Gasteiger partial charge in [-0.3, -0.25) is 9.59 Å². The molecule has 1 fully saturated rings. The minimum Gasteiger partial charge on any atom is -0.469 e. The van der Waals surface area contributed by atoms with Crippen molar-refractivity contribution in [3.05, 3.63) is 0 Å². The van der Waals surface area contributed by atoms with Crippen LogP contribution in [0.2, 0.25) is 0 Å². The summed E-state index contributed by atoms with van der Waals surface area (Å²) in [6, 6.07) is 0. The number of unbranched alkanes of at least 4 members (excludes halogenated alkanes) is 3. The number of esters is 1. The molecule has 1 aliphatic rings. The highest BCUT2D eigenvalue weighted by molar-refractivity contribution is 5.76. The van der Waals surface area contributed by atoms with E-state index in [0.717, 1.165) is 25.7 Å². The molecule has 0 aromatic rings. The Balaban J connectivity index is 0.000000382. The molecule has 0 bridgehead atoms. The van der Waals surface area contributed by atoms with E-state index in [1.165, 1.54) is 45.6 Å². The number of primary amides is 1. The largest absolute Gasteiger partial charge is 0.469 e. The van der Waals surface area contributed by atoms with Gasteiger partial charge in [0, 0.05) is 5.92 Å². The Labute approximate surface area is 129 Å². The van der Waals surface area contributed by atoms with Crippen LogP contribution in [0.3, 0.4) is 0 Å². The summed E-state index contributed by atoms with van der Waals surface area (Å²) < 4.78 is 4.65. The highest BCUT2D eigenvalue weighted by atomic mass is 16.5. The lowest BCUT2D eigenvalue weighted by Gasteiger charge is -2.18. The van der Waals surface area contributed by atoms with Crippen LogP contribution in [0.1, 0.15) is 78.1 Å². The molecule has 0 spiro atoms. The van der Waals surface area contributed by atoms with Crippen molar-refractivity contribution in [1.82, 2.24) is 0 Å². The predicted molar refractivity (Wildman–Crippen MR) is 85.7 cm³/mol. The highest BCUT2D eigenvalue weighted by Crippen LogP contribution is 2.24. The van der Waals surface area contributed by atoms with Gasteiger partial charge >= 0.3 is 5.97 Å². The van der Waals surface area contributed by atoms with Crippen molar-refractivity contribution in [2.45, 2.75) is 78.1 Å². The smallest absolute Gasteiger partial charge is 0.308 e. The molecular weight excluding hydrogens is 266 g/mol. The van der Waals surface area contributed by atoms with E-state index in [2.05, 4.69) is 11.7 Å². The van der Waals surface area contributed by atoms with Gasteiger partial charge in [-0.15, -0.1) is 0 Å². The van der Waals surface area contributed by atoms with E-state index in [-0.39, 0.29) is 23.7 Å². The van der Waals surface area contributed by atoms with Gasteiger partial charge in [0.05, 0.1) is 13.0 Å². The van der Waals surface area contributed by atoms with E-state index in [0.29, 0.717) is 0 Å². The number of carbonyl (C=O) groups is 2. The molecule has 1 atom stereocenters. The van der Waals surface area contributed by atoms with Crippen molar-refractivity contribution in [3.63, 3.8) is 0 Å². The van der Waals surface area contributed by atoms with Gasteiger partial charge in [-0.2, -0.15) is 0 Å². The number of amides is 1. The standard InChI is InChI=1S/C9H19NO.C8H14O2/c1-3-4-5-6-7-8(2)9(10)11;1-10-8(9)7-5-3-2-4-6-7/h8H,3-7H2,1-2H3,(H2,10,11);7H,2-6H2,1H3. The van der Waals surface area contributed by atoms with Crippen molar-refractivity contribution in [2.75, 3.05) is 7.11 Å². The Morgan fingerprint density at radius 3 is 2.24 bits per heavy atom. The summed E-state index contributed by atoms with van der Waals surface area (Å²) in [4.78, 5) is 21.5. The number of ether oxygens (including phenoxy) is 1. The molecular formula is C17H33NO3. The van der Waals surface area contributed by atoms with Gasteiger partial charge in [0.1, 0.15) is 0 Å². The van der Waals surface area contributed by atoms with E-state index >= 15 is 0 Å². The maximum Gasteiger partial charge on any atom is 0.308 e. The van der Waals surface area contributed by atoms with Crippen molar-refractivity contribution < 1.29 is 14.3 Å². The molecule has 0 aliphatic heterocycles. The van der Waals surface area contributed by atoms with Gasteiger partial charge in [-0.25, -0.2) is 0 Å². The third-order valence-corrected chi connectivity index (χ3v) is 4.12. The fraction of sp³-hybridized carbons (Fsp3) is 0.882. The minimum absolute atomic E-state index is 0.0142. The van der Waals surface area contributed by atoms with Crippen LogP contribution >= 0.6 is 0 Å². The molecule has 1 rings (SSSR count). The van der Waals surface area contributed by atoms with Crippen molar-refractivity contribution in [2.24, 2.45) is 17.6 Å². The maximum absolute atomic E-state index is 10.9. The van der Waals surface area contributed by atoms with E-state index in [1.807, 2.05) is 6.92 Å². The molecule has 0 radical (unpaired) electrons. The molecule has 0 heterocycles. The number of nitrogens with two attached hydrogens (primary N) is 1. The minimum atomic E-state index is -0.165. The summed E-state index contributed by atoms with van der Waals surface area (Å²) in [7, 11) is 1.47. The predicted octanol–water partition coefficient (Wildman–Crippen LogP) is 3.82. The van der Waals surface area contributed by atoms with Crippen molar-refractivity contribution in [3.8, 4) is 0 Å². The van der Waals surface area contributed by atoms with Gasteiger partial charge in [-0.1, -0.05) is 58.8 Å². The fourth-order valence-corrected chi connectivity index (χ4v) is 2.52. The molecule has 1 amide bonds. The second-order valence-corrected chi connectivity index (χ2v) is 6.01. The third kappa shape index (κ3) is 10.3. The Morgan fingerprint density at radius 1 is 1.14 bits per heavy atom. The quantitative estimate of drug-likeness (QED) is 0.574. The van der Waals surface area contributed by atoms with Crippen LogP contribution in [-0.4, -0.2) is 19.0 Å². The number of methoxy groups -OCH3 is 1. The zero-order chi connectivity index (χ0) is 16.1. The Morgan fingerprint density at radius 2 is 1.76 bits per heavy atom. The van der Waals surface area contributed by atoms with Crippen molar-refractivity contribution >= 4 is 11.9 Å². The van der Waals surface area contributed by atoms with Crippen LogP contribution in [0.25, 0.3) is 0 Å². The second-order valence-electron chi connectivity index (χ2n) is 6.01. The summed E-state index contributed by atoms with van der Waals surface area (Å²) in [5, 5.41) is 0. The van der Waals surface area contributed by atoms with Crippen molar-refractivity contribution in [1.29, 1.82) is 0 Å². The lowest BCUT2D eigenvalue weighted by molar-refractivity contribution is -0.146. The second kappa shape index (κ2) is 12.7. The van der Waals surface area contributed by atoms with E-state index in [9.17, 15) is 9.59 Å². The first kappa shape index (κ1) is 19.9. The summed E-state index contributed by atoms with van der Waals surface area (Å²) >= 11 is 0. The van der Waals surface area contributed by atoms with Gasteiger partial charge in [0.15, 0.2) is 0 Å². The topological polar surface area (TPSA) is 69.4 Å². The first-order valence-electron chi connectivity index (χ1n) is 8.40. The van der Waals surface area contributed by atoms with Crippen LogP contribution in [-0.2, 0) is 14.3 Å². The molecule has 1 aliphatic carbocycles. The summed E-state index contributed by atoms with van der Waals surface area (Å²) in [5.41, 5.74) is 5.11. The molecule has 2 N–H and O–H groups in total. The summed E-state index contributed by atoms with van der Waals surface area (Å²) in [5.74, 6) is 0.0896. The zero-order valence-electron chi connectivity index (χ0n) is 14.0. The summed E-state index contributed by atoms with van der Waals surface area (Å²) in [6.07, 6.45) is 11.6. The summed E-state index contributed by atoms with van der Waals surface area (Å²) in [6.45, 7) is 4.08. The molecule has 21 heavy (non-hydrogen) atoms. The molecule has 4 heteroatoms. The molecule has 1 saturated carbocycles. The lowest BCUT2D eigenvalue weighted by Crippen LogP contribution is -2.20. The first-order chi connectivity index (χ1) is 10.0. The monoisotopic (exact) mass is 299 g/mol. The fourth-order valence-electron chi connectivity index (χ4n) is 2.52. The SMILES string of the molecule is CCCCCCC(C)C(N)=O.COC(=O)C1CCCCC1. The molecule has 0 aromatic carbocycles. The van der Waals surface area contributed by atoms with Crippen LogP contribution in [0.5, 0.6) is 0 Å². The number of hydrogen-bond acceptors (Lipinski definition) is 3. The molecule has 124 valence electrons. The normalized spacial score (nSPS) is 16.5. The zero-order valence-corrected chi connectivity index (χ0v) is 14.0. The van der Waals surface area contributed by atoms with Gasteiger partial charge in [0.2, 0.25) is 5.91 Å². The molecule has 0 aromatic heterocycles. The molecule has 4 nitrogen and oxygen atoms in total. The van der Waals surface area contributed by atoms with Gasteiger partial charge in [0.25, 0.3) is 0 Å². The Hall–Kier alpha value is -1.06. The van der Waals surface area contributed by atoms with E-state index in [4.69, 9.17) is 5.73 Å². The Bertz CT molecular complexity index is 286. The Kier molecular flexibility index (Phi) is 12.0. The average Bonchev–Trinajstić information content (AvgIpc) is 2.52.